The molecule has 4 aromatic carbocycles. The van der Waals surface area contributed by atoms with E-state index in [-0.39, 0.29) is 40.0 Å². The molecule has 1 aliphatic carbocycles. The van der Waals surface area contributed by atoms with Crippen molar-refractivity contribution in [2.75, 3.05) is 0 Å². The second-order valence-corrected chi connectivity index (χ2v) is 14.2. The summed E-state index contributed by atoms with van der Waals surface area (Å²) >= 11 is 0. The minimum absolute atomic E-state index is 0.00229. The standard InChI is InChI=1S/C42H47N3O4/c1-5-9-13-24(14-10-6-2)44-39(46)29-20-17-26-27-18-21-31-36-32(42(49)45(41(31)48)25(15-11-7-3)16-12-8-4)23-33(43)37(38(27)36)28-19-22-30(40(44)47)35(29)34(26)28/h17-25,43,46H,5-16H2,1-4H3. The molecule has 0 bridgehead atoms. The molecule has 7 nitrogen and oxygen atoms in total. The van der Waals surface area contributed by atoms with Gasteiger partial charge >= 0.3 is 0 Å². The van der Waals surface area contributed by atoms with Gasteiger partial charge in [0.2, 0.25) is 5.88 Å². The number of hydrogen-bond donors (Lipinski definition) is 2. The Hall–Kier alpha value is -4.52. The molecule has 0 saturated heterocycles. The van der Waals surface area contributed by atoms with Crippen LogP contribution in [0.25, 0.3) is 65.0 Å². The number of pyridine rings is 2. The molecule has 1 aliphatic heterocycles. The third-order valence-corrected chi connectivity index (χ3v) is 11.1. The Kier molecular flexibility index (Phi) is 8.80. The summed E-state index contributed by atoms with van der Waals surface area (Å²) in [7, 11) is 0. The van der Waals surface area contributed by atoms with Gasteiger partial charge in [-0.1, -0.05) is 97.3 Å². The van der Waals surface area contributed by atoms with Gasteiger partial charge in [0, 0.05) is 50.0 Å². The molecule has 254 valence electrons. The van der Waals surface area contributed by atoms with E-state index in [1.54, 1.807) is 10.6 Å². The number of fused-ring (bicyclic) bond motifs is 2. The van der Waals surface area contributed by atoms with Crippen molar-refractivity contribution in [2.24, 2.45) is 0 Å². The first-order chi connectivity index (χ1) is 23.8. The largest absolute Gasteiger partial charge is 0.494 e. The fraction of sp³-hybridized carbons (Fsp3) is 0.429. The van der Waals surface area contributed by atoms with Crippen LogP contribution < -0.4 is 22.0 Å². The number of aromatic hydroxyl groups is 1. The van der Waals surface area contributed by atoms with Crippen LogP contribution in [0.3, 0.4) is 0 Å². The zero-order valence-electron chi connectivity index (χ0n) is 29.2. The zero-order valence-corrected chi connectivity index (χ0v) is 29.2. The molecule has 2 heterocycles. The first-order valence-corrected chi connectivity index (χ1v) is 18.5. The number of aromatic nitrogens is 2. The molecule has 0 spiro atoms. The van der Waals surface area contributed by atoms with Gasteiger partial charge in [0.1, 0.15) is 0 Å². The molecule has 0 atom stereocenters. The highest BCUT2D eigenvalue weighted by Gasteiger charge is 2.29. The number of unbranched alkanes of at least 4 members (excludes halogenated alkanes) is 4. The topological polar surface area (TPSA) is 105 Å². The molecule has 49 heavy (non-hydrogen) atoms. The van der Waals surface area contributed by atoms with E-state index in [1.165, 1.54) is 4.57 Å². The second kappa shape index (κ2) is 13.1. The Bertz CT molecular complexity index is 2500. The lowest BCUT2D eigenvalue weighted by Gasteiger charge is -2.25. The van der Waals surface area contributed by atoms with E-state index in [1.807, 2.05) is 36.4 Å². The first kappa shape index (κ1) is 33.0. The van der Waals surface area contributed by atoms with Gasteiger partial charge in [-0.3, -0.25) is 23.5 Å². The van der Waals surface area contributed by atoms with Gasteiger partial charge in [-0.05, 0) is 71.5 Å². The maximum absolute atomic E-state index is 14.3. The SMILES string of the molecule is CCCCC(CCCC)n1c(O)c2ccc3c4ccc5c6c4c(c(=N)cc-6c(=O)n(C(CCCC)CCCC)c5=O)c4ccc(c1=O)c2c34. The third kappa shape index (κ3) is 4.99. The summed E-state index contributed by atoms with van der Waals surface area (Å²) in [5.74, 6) is -0.00229. The molecular formula is C42H47N3O4. The van der Waals surface area contributed by atoms with Crippen molar-refractivity contribution in [1.29, 1.82) is 5.41 Å². The van der Waals surface area contributed by atoms with Gasteiger partial charge in [0.25, 0.3) is 16.7 Å². The van der Waals surface area contributed by atoms with Crippen molar-refractivity contribution in [3.63, 3.8) is 0 Å². The summed E-state index contributed by atoms with van der Waals surface area (Å²) in [6.07, 6.45) is 11.0. The lowest BCUT2D eigenvalue weighted by atomic mass is 9.83. The monoisotopic (exact) mass is 657 g/mol. The van der Waals surface area contributed by atoms with E-state index in [2.05, 4.69) is 27.7 Å². The molecular weight excluding hydrogens is 610 g/mol. The van der Waals surface area contributed by atoms with Crippen molar-refractivity contribution in [2.45, 2.75) is 117 Å². The summed E-state index contributed by atoms with van der Waals surface area (Å²) in [6, 6.07) is 12.8. The Morgan fingerprint density at radius 2 is 1.00 bits per heavy atom. The van der Waals surface area contributed by atoms with Crippen molar-refractivity contribution < 1.29 is 5.11 Å². The molecule has 1 aromatic heterocycles. The molecule has 0 amide bonds. The van der Waals surface area contributed by atoms with Crippen LogP contribution in [-0.2, 0) is 0 Å². The van der Waals surface area contributed by atoms with Crippen LogP contribution in [0.1, 0.15) is 117 Å². The fourth-order valence-electron chi connectivity index (χ4n) is 8.65. The minimum atomic E-state index is -0.311. The zero-order chi connectivity index (χ0) is 34.6. The van der Waals surface area contributed by atoms with Crippen LogP contribution in [0, 0.1) is 5.41 Å². The van der Waals surface area contributed by atoms with E-state index < -0.39 is 0 Å². The fourth-order valence-corrected chi connectivity index (χ4v) is 8.65. The van der Waals surface area contributed by atoms with Crippen LogP contribution >= 0.6 is 0 Å². The average molecular weight is 658 g/mol. The summed E-state index contributed by atoms with van der Waals surface area (Å²) in [5.41, 5.74) is 0.268. The second-order valence-electron chi connectivity index (χ2n) is 14.2. The van der Waals surface area contributed by atoms with Gasteiger partial charge in [0.05, 0.1) is 10.9 Å². The summed E-state index contributed by atoms with van der Waals surface area (Å²) in [5, 5.41) is 28.5. The Morgan fingerprint density at radius 3 is 1.59 bits per heavy atom. The molecule has 0 fully saturated rings. The molecule has 0 unspecified atom stereocenters. The van der Waals surface area contributed by atoms with Gasteiger partial charge in [-0.2, -0.15) is 0 Å². The Balaban J connectivity index is 1.56. The molecule has 5 aromatic rings. The predicted octanol–water partition coefficient (Wildman–Crippen LogP) is 9.58. The van der Waals surface area contributed by atoms with Crippen LogP contribution in [-0.4, -0.2) is 14.2 Å². The van der Waals surface area contributed by atoms with Crippen molar-refractivity contribution in [3.05, 3.63) is 78.9 Å². The lowest BCUT2D eigenvalue weighted by molar-refractivity contribution is 0.338. The first-order valence-electron chi connectivity index (χ1n) is 18.5. The summed E-state index contributed by atoms with van der Waals surface area (Å²) in [6.45, 7) is 8.53. The summed E-state index contributed by atoms with van der Waals surface area (Å²) in [4.78, 5) is 42.8. The molecule has 7 rings (SSSR count). The molecule has 7 heteroatoms. The average Bonchev–Trinajstić information content (AvgIpc) is 3.10. The van der Waals surface area contributed by atoms with Crippen LogP contribution in [0.2, 0.25) is 0 Å². The van der Waals surface area contributed by atoms with Gasteiger partial charge < -0.3 is 10.5 Å². The highest BCUT2D eigenvalue weighted by atomic mass is 16.3. The molecule has 2 N–H and O–H groups in total. The highest BCUT2D eigenvalue weighted by molar-refractivity contribution is 6.37. The van der Waals surface area contributed by atoms with E-state index in [0.29, 0.717) is 38.1 Å². The summed E-state index contributed by atoms with van der Waals surface area (Å²) < 4.78 is 3.11. The van der Waals surface area contributed by atoms with Gasteiger partial charge in [-0.15, -0.1) is 0 Å². The molecule has 2 aliphatic rings. The maximum Gasteiger partial charge on any atom is 0.261 e. The number of hydrogen-bond acceptors (Lipinski definition) is 5. The number of nitrogens with zero attached hydrogens (tertiary/aromatic N) is 2. The van der Waals surface area contributed by atoms with Crippen molar-refractivity contribution in [3.8, 4) is 17.0 Å². The van der Waals surface area contributed by atoms with Crippen LogP contribution in [0.15, 0.2) is 56.8 Å². The van der Waals surface area contributed by atoms with Gasteiger partial charge in [0.15, 0.2) is 0 Å². The number of rotatable bonds is 14. The smallest absolute Gasteiger partial charge is 0.261 e. The van der Waals surface area contributed by atoms with E-state index in [0.717, 1.165) is 104 Å². The predicted molar refractivity (Wildman–Crippen MR) is 203 cm³/mol. The van der Waals surface area contributed by atoms with E-state index >= 15 is 0 Å². The number of nitrogens with one attached hydrogen (secondary N) is 1. The third-order valence-electron chi connectivity index (χ3n) is 11.1. The van der Waals surface area contributed by atoms with Crippen LogP contribution in [0.5, 0.6) is 5.88 Å². The Morgan fingerprint density at radius 1 is 0.551 bits per heavy atom. The molecule has 0 saturated carbocycles. The Labute approximate surface area is 285 Å². The van der Waals surface area contributed by atoms with E-state index in [4.69, 9.17) is 0 Å². The highest BCUT2D eigenvalue weighted by Crippen LogP contribution is 2.46. The van der Waals surface area contributed by atoms with Crippen molar-refractivity contribution in [1.82, 2.24) is 9.13 Å². The molecule has 0 radical (unpaired) electrons. The lowest BCUT2D eigenvalue weighted by Crippen LogP contribution is -2.38. The van der Waals surface area contributed by atoms with E-state index in [9.17, 15) is 24.9 Å². The quantitative estimate of drug-likeness (QED) is 0.0897. The maximum atomic E-state index is 14.3. The van der Waals surface area contributed by atoms with Crippen LogP contribution in [0.4, 0.5) is 0 Å². The normalized spacial score (nSPS) is 12.6. The van der Waals surface area contributed by atoms with Gasteiger partial charge in [-0.25, -0.2) is 0 Å². The van der Waals surface area contributed by atoms with Crippen molar-refractivity contribution >= 4 is 53.9 Å². The number of benzene rings is 5. The minimum Gasteiger partial charge on any atom is -0.494 e.